The van der Waals surface area contributed by atoms with Crippen molar-refractivity contribution in [2.75, 3.05) is 6.61 Å². The number of ether oxygens (including phenoxy) is 1. The van der Waals surface area contributed by atoms with Gasteiger partial charge in [-0.3, -0.25) is 4.98 Å². The molecule has 0 unspecified atom stereocenters. The molecule has 0 aromatic carbocycles. The molecule has 17 heavy (non-hydrogen) atoms. The van der Waals surface area contributed by atoms with Gasteiger partial charge < -0.3 is 4.74 Å². The summed E-state index contributed by atoms with van der Waals surface area (Å²) in [5.41, 5.74) is 1.03. The Balaban J connectivity index is 1.91. The molecule has 92 valence electrons. The fourth-order valence-corrected chi connectivity index (χ4v) is 2.30. The second kappa shape index (κ2) is 4.97. The SMILES string of the molecule is C[Si](C)(C)CCOCn1ncc2ccncc21. The largest absolute Gasteiger partial charge is 0.360 e. The maximum absolute atomic E-state index is 5.67. The topological polar surface area (TPSA) is 39.9 Å². The van der Waals surface area contributed by atoms with Gasteiger partial charge in [-0.25, -0.2) is 4.68 Å². The lowest BCUT2D eigenvalue weighted by atomic mass is 10.3. The molecular weight excluding hydrogens is 230 g/mol. The number of pyridine rings is 1. The standard InChI is InChI=1S/C12H19N3OSi/c1-17(2,3)7-6-16-10-15-12-9-13-5-4-11(12)8-14-15/h4-5,8-9H,6-7,10H2,1-3H3. The highest BCUT2D eigenvalue weighted by atomic mass is 28.3. The smallest absolute Gasteiger partial charge is 0.140 e. The fourth-order valence-electron chi connectivity index (χ4n) is 1.55. The van der Waals surface area contributed by atoms with Crippen LogP contribution in [-0.2, 0) is 11.5 Å². The van der Waals surface area contributed by atoms with Crippen LogP contribution in [0.5, 0.6) is 0 Å². The van der Waals surface area contributed by atoms with Crippen molar-refractivity contribution in [3.05, 3.63) is 24.7 Å². The van der Waals surface area contributed by atoms with E-state index in [2.05, 4.69) is 29.7 Å². The van der Waals surface area contributed by atoms with E-state index in [4.69, 9.17) is 4.74 Å². The van der Waals surface area contributed by atoms with Crippen LogP contribution in [0.25, 0.3) is 10.9 Å². The van der Waals surface area contributed by atoms with E-state index in [1.807, 2.05) is 23.1 Å². The minimum Gasteiger partial charge on any atom is -0.360 e. The zero-order valence-electron chi connectivity index (χ0n) is 10.7. The second-order valence-corrected chi connectivity index (χ2v) is 11.0. The first-order chi connectivity index (χ1) is 8.06. The molecule has 0 bridgehead atoms. The Labute approximate surface area is 103 Å². The van der Waals surface area contributed by atoms with Gasteiger partial charge in [0.1, 0.15) is 6.73 Å². The lowest BCUT2D eigenvalue weighted by molar-refractivity contribution is 0.0816. The summed E-state index contributed by atoms with van der Waals surface area (Å²) in [6.45, 7) is 8.38. The summed E-state index contributed by atoms with van der Waals surface area (Å²) < 4.78 is 7.52. The molecule has 0 spiro atoms. The number of fused-ring (bicyclic) bond motifs is 1. The molecule has 0 saturated heterocycles. The molecule has 0 fully saturated rings. The van der Waals surface area contributed by atoms with Gasteiger partial charge >= 0.3 is 0 Å². The molecular formula is C12H19N3OSi. The average Bonchev–Trinajstić information content (AvgIpc) is 2.67. The Morgan fingerprint density at radius 1 is 1.29 bits per heavy atom. The van der Waals surface area contributed by atoms with E-state index in [1.54, 1.807) is 6.20 Å². The van der Waals surface area contributed by atoms with E-state index in [0.717, 1.165) is 17.5 Å². The first kappa shape index (κ1) is 12.3. The summed E-state index contributed by atoms with van der Waals surface area (Å²) in [7, 11) is -1.000. The van der Waals surface area contributed by atoms with Gasteiger partial charge in [0.05, 0.1) is 17.9 Å². The van der Waals surface area contributed by atoms with Crippen LogP contribution >= 0.6 is 0 Å². The third-order valence-electron chi connectivity index (χ3n) is 2.66. The number of nitrogens with zero attached hydrogens (tertiary/aromatic N) is 3. The first-order valence-electron chi connectivity index (χ1n) is 5.89. The summed E-state index contributed by atoms with van der Waals surface area (Å²) in [6, 6.07) is 3.14. The van der Waals surface area contributed by atoms with Crippen molar-refractivity contribution < 1.29 is 4.74 Å². The average molecular weight is 249 g/mol. The first-order valence-corrected chi connectivity index (χ1v) is 9.60. The van der Waals surface area contributed by atoms with Gasteiger partial charge in [-0.05, 0) is 12.1 Å². The minimum atomic E-state index is -1.000. The zero-order chi connectivity index (χ0) is 12.3. The van der Waals surface area contributed by atoms with Crippen LogP contribution in [0.2, 0.25) is 25.7 Å². The number of aromatic nitrogens is 3. The summed E-state index contributed by atoms with van der Waals surface area (Å²) in [4.78, 5) is 4.10. The van der Waals surface area contributed by atoms with Crippen molar-refractivity contribution in [3.8, 4) is 0 Å². The monoisotopic (exact) mass is 249 g/mol. The van der Waals surface area contributed by atoms with Crippen LogP contribution in [0.15, 0.2) is 24.7 Å². The van der Waals surface area contributed by atoms with Gasteiger partial charge in [0.25, 0.3) is 0 Å². The van der Waals surface area contributed by atoms with Crippen molar-refractivity contribution in [1.29, 1.82) is 0 Å². The number of hydrogen-bond donors (Lipinski definition) is 0. The molecule has 0 aliphatic rings. The predicted molar refractivity (Wildman–Crippen MR) is 71.6 cm³/mol. The molecule has 0 radical (unpaired) electrons. The fraction of sp³-hybridized carbons (Fsp3) is 0.500. The normalized spacial score (nSPS) is 12.2. The lowest BCUT2D eigenvalue weighted by Crippen LogP contribution is -2.22. The molecule has 2 aromatic heterocycles. The van der Waals surface area contributed by atoms with E-state index < -0.39 is 8.07 Å². The van der Waals surface area contributed by atoms with Crippen molar-refractivity contribution in [2.24, 2.45) is 0 Å². The Morgan fingerprint density at radius 3 is 2.88 bits per heavy atom. The summed E-state index contributed by atoms with van der Waals surface area (Å²) in [6.07, 6.45) is 5.45. The van der Waals surface area contributed by atoms with Crippen molar-refractivity contribution >= 4 is 19.0 Å². The molecule has 0 amide bonds. The Hall–Kier alpha value is -1.20. The van der Waals surface area contributed by atoms with E-state index in [0.29, 0.717) is 6.73 Å². The molecule has 2 heterocycles. The molecule has 0 atom stereocenters. The quantitative estimate of drug-likeness (QED) is 0.604. The van der Waals surface area contributed by atoms with Crippen LogP contribution in [0.4, 0.5) is 0 Å². The zero-order valence-corrected chi connectivity index (χ0v) is 11.7. The van der Waals surface area contributed by atoms with Crippen LogP contribution in [0.1, 0.15) is 0 Å². The maximum atomic E-state index is 5.67. The molecule has 0 aliphatic heterocycles. The van der Waals surface area contributed by atoms with Gasteiger partial charge in [-0.1, -0.05) is 19.6 Å². The summed E-state index contributed by atoms with van der Waals surface area (Å²) in [5.74, 6) is 0. The number of hydrogen-bond acceptors (Lipinski definition) is 3. The Kier molecular flexibility index (Phi) is 3.59. The Bertz CT molecular complexity index is 490. The predicted octanol–water partition coefficient (Wildman–Crippen LogP) is 2.74. The van der Waals surface area contributed by atoms with Crippen LogP contribution in [0, 0.1) is 0 Å². The minimum absolute atomic E-state index is 0.514. The van der Waals surface area contributed by atoms with Crippen LogP contribution in [-0.4, -0.2) is 29.4 Å². The van der Waals surface area contributed by atoms with Crippen molar-refractivity contribution in [3.63, 3.8) is 0 Å². The van der Waals surface area contributed by atoms with Gasteiger partial charge in [0.2, 0.25) is 0 Å². The molecule has 0 aliphatic carbocycles. The summed E-state index contributed by atoms with van der Waals surface area (Å²) >= 11 is 0. The van der Waals surface area contributed by atoms with Crippen LogP contribution in [0.3, 0.4) is 0 Å². The maximum Gasteiger partial charge on any atom is 0.140 e. The van der Waals surface area contributed by atoms with Crippen molar-refractivity contribution in [2.45, 2.75) is 32.4 Å². The summed E-state index contributed by atoms with van der Waals surface area (Å²) in [5, 5.41) is 5.40. The third kappa shape index (κ3) is 3.37. The van der Waals surface area contributed by atoms with Gasteiger partial charge in [0.15, 0.2) is 0 Å². The van der Waals surface area contributed by atoms with Crippen molar-refractivity contribution in [1.82, 2.24) is 14.8 Å². The lowest BCUT2D eigenvalue weighted by Gasteiger charge is -2.15. The molecule has 4 nitrogen and oxygen atoms in total. The second-order valence-electron chi connectivity index (χ2n) is 5.43. The molecule has 5 heteroatoms. The van der Waals surface area contributed by atoms with E-state index in [-0.39, 0.29) is 0 Å². The Morgan fingerprint density at radius 2 is 2.12 bits per heavy atom. The van der Waals surface area contributed by atoms with E-state index in [9.17, 15) is 0 Å². The van der Waals surface area contributed by atoms with Gasteiger partial charge in [-0.2, -0.15) is 5.10 Å². The number of rotatable bonds is 5. The van der Waals surface area contributed by atoms with E-state index in [1.165, 1.54) is 6.04 Å². The highest BCUT2D eigenvalue weighted by Crippen LogP contribution is 2.12. The molecule has 2 rings (SSSR count). The molecule has 2 aromatic rings. The van der Waals surface area contributed by atoms with Crippen LogP contribution < -0.4 is 0 Å². The molecule has 0 N–H and O–H groups in total. The van der Waals surface area contributed by atoms with E-state index >= 15 is 0 Å². The van der Waals surface area contributed by atoms with Gasteiger partial charge in [0, 0.05) is 26.3 Å². The third-order valence-corrected chi connectivity index (χ3v) is 4.36. The highest BCUT2D eigenvalue weighted by molar-refractivity contribution is 6.76. The molecule has 0 saturated carbocycles. The highest BCUT2D eigenvalue weighted by Gasteiger charge is 2.12. The van der Waals surface area contributed by atoms with Gasteiger partial charge in [-0.15, -0.1) is 0 Å².